The van der Waals surface area contributed by atoms with E-state index < -0.39 is 36.3 Å². The number of ether oxygens (including phenoxy) is 1. The fourth-order valence-corrected chi connectivity index (χ4v) is 5.68. The summed E-state index contributed by atoms with van der Waals surface area (Å²) >= 11 is 0. The number of rotatable bonds is 4. The normalized spacial score (nSPS) is 23.4. The number of benzene rings is 2. The second-order valence-electron chi connectivity index (χ2n) is 9.65. The molecule has 1 saturated heterocycles. The average molecular weight is 491 g/mol. The highest BCUT2D eigenvalue weighted by Crippen LogP contribution is 2.62. The summed E-state index contributed by atoms with van der Waals surface area (Å²) in [7, 11) is 0. The zero-order chi connectivity index (χ0) is 25.1. The minimum Gasteiger partial charge on any atom is -0.508 e. The van der Waals surface area contributed by atoms with Gasteiger partial charge in [0.1, 0.15) is 11.6 Å². The van der Waals surface area contributed by atoms with Crippen molar-refractivity contribution in [3.63, 3.8) is 0 Å². The van der Waals surface area contributed by atoms with E-state index in [9.17, 15) is 32.6 Å². The monoisotopic (exact) mass is 491 g/mol. The van der Waals surface area contributed by atoms with Crippen LogP contribution in [0.4, 0.5) is 17.6 Å². The molecule has 1 aromatic heterocycles. The molecule has 2 N–H and O–H groups in total. The van der Waals surface area contributed by atoms with Crippen LogP contribution in [0.3, 0.4) is 0 Å². The number of fused-ring (bicyclic) bond motifs is 1. The van der Waals surface area contributed by atoms with Crippen LogP contribution in [0.25, 0.3) is 16.6 Å². The van der Waals surface area contributed by atoms with E-state index in [0.29, 0.717) is 53.8 Å². The number of alkyl halides is 3. The first-order valence-corrected chi connectivity index (χ1v) is 11.5. The van der Waals surface area contributed by atoms with Crippen LogP contribution in [0.2, 0.25) is 0 Å². The Hall–Kier alpha value is -3.07. The highest BCUT2D eigenvalue weighted by molar-refractivity contribution is 5.90. The molecule has 0 radical (unpaired) electrons. The van der Waals surface area contributed by atoms with Crippen molar-refractivity contribution in [1.82, 2.24) is 4.57 Å². The molecule has 5 rings (SSSR count). The van der Waals surface area contributed by atoms with Crippen LogP contribution in [0, 0.1) is 18.2 Å². The van der Waals surface area contributed by atoms with Gasteiger partial charge in [-0.05, 0) is 86.1 Å². The Bertz CT molecular complexity index is 1300. The number of aromatic hydroxyl groups is 1. The first kappa shape index (κ1) is 23.7. The number of carboxylic acids is 1. The summed E-state index contributed by atoms with van der Waals surface area (Å²) < 4.78 is 62.9. The van der Waals surface area contributed by atoms with Crippen molar-refractivity contribution < 1.29 is 37.3 Å². The first-order chi connectivity index (χ1) is 16.5. The summed E-state index contributed by atoms with van der Waals surface area (Å²) in [6.07, 6.45) is -4.72. The Morgan fingerprint density at radius 2 is 1.77 bits per heavy atom. The Morgan fingerprint density at radius 3 is 2.37 bits per heavy atom. The summed E-state index contributed by atoms with van der Waals surface area (Å²) in [4.78, 5) is 11.7. The van der Waals surface area contributed by atoms with Crippen LogP contribution in [0.5, 0.6) is 5.75 Å². The topological polar surface area (TPSA) is 71.7 Å². The van der Waals surface area contributed by atoms with Gasteiger partial charge in [-0.3, -0.25) is 4.79 Å². The molecule has 2 aliphatic rings. The number of hydrogen-bond donors (Lipinski definition) is 2. The molecule has 186 valence electrons. The van der Waals surface area contributed by atoms with Crippen molar-refractivity contribution in [3.05, 3.63) is 59.0 Å². The van der Waals surface area contributed by atoms with Gasteiger partial charge in [0.25, 0.3) is 0 Å². The molecule has 1 aliphatic heterocycles. The second-order valence-corrected chi connectivity index (χ2v) is 9.65. The van der Waals surface area contributed by atoms with Crippen molar-refractivity contribution in [2.24, 2.45) is 5.41 Å². The van der Waals surface area contributed by atoms with Gasteiger partial charge in [0.15, 0.2) is 5.41 Å². The van der Waals surface area contributed by atoms with Gasteiger partial charge in [0.2, 0.25) is 0 Å². The van der Waals surface area contributed by atoms with Gasteiger partial charge in [-0.15, -0.1) is 0 Å². The second kappa shape index (κ2) is 8.26. The van der Waals surface area contributed by atoms with Gasteiger partial charge in [-0.2, -0.15) is 13.2 Å². The summed E-state index contributed by atoms with van der Waals surface area (Å²) in [6, 6.07) is 9.39. The average Bonchev–Trinajstić information content (AvgIpc) is 3.08. The predicted octanol–water partition coefficient (Wildman–Crippen LogP) is 6.19. The maximum Gasteiger partial charge on any atom is 0.404 e. The summed E-state index contributed by atoms with van der Waals surface area (Å²) in [5.74, 6) is -2.98. The van der Waals surface area contributed by atoms with E-state index >= 15 is 0 Å². The number of nitrogens with zero attached hydrogens (tertiary/aromatic N) is 1. The standard InChI is InChI=1S/C26H25F4NO4/c1-14-10-17(2-4-20(14)27)31-21-5-3-18(32)11-19(21)22(23(31)15-6-8-35-9-7-15)16-12-25(13-16,24(33)34)26(28,29)30/h2-5,10-11,15-16,32H,6-9,12-13H2,1H3,(H,33,34). The highest BCUT2D eigenvalue weighted by atomic mass is 19.4. The molecule has 9 heteroatoms. The molecule has 2 heterocycles. The fraction of sp³-hybridized carbons (Fsp3) is 0.423. The first-order valence-electron chi connectivity index (χ1n) is 11.5. The molecular weight excluding hydrogens is 466 g/mol. The van der Waals surface area contributed by atoms with Crippen LogP contribution in [-0.2, 0) is 9.53 Å². The van der Waals surface area contributed by atoms with Gasteiger partial charge in [-0.25, -0.2) is 4.39 Å². The third kappa shape index (κ3) is 3.67. The molecule has 0 spiro atoms. The summed E-state index contributed by atoms with van der Waals surface area (Å²) in [5, 5.41) is 20.3. The Morgan fingerprint density at radius 1 is 1.09 bits per heavy atom. The largest absolute Gasteiger partial charge is 0.508 e. The van der Waals surface area contributed by atoms with Gasteiger partial charge in [0.05, 0.1) is 5.52 Å². The van der Waals surface area contributed by atoms with E-state index in [1.54, 1.807) is 25.1 Å². The predicted molar refractivity (Wildman–Crippen MR) is 121 cm³/mol. The van der Waals surface area contributed by atoms with Crippen LogP contribution < -0.4 is 0 Å². The van der Waals surface area contributed by atoms with Crippen LogP contribution in [-0.4, -0.2) is 40.1 Å². The number of carbonyl (C=O) groups is 1. The molecule has 2 fully saturated rings. The van der Waals surface area contributed by atoms with Crippen molar-refractivity contribution in [2.75, 3.05) is 13.2 Å². The highest BCUT2D eigenvalue weighted by Gasteiger charge is 2.68. The lowest BCUT2D eigenvalue weighted by atomic mass is 9.58. The molecule has 35 heavy (non-hydrogen) atoms. The van der Waals surface area contributed by atoms with Crippen LogP contribution in [0.1, 0.15) is 54.3 Å². The minimum atomic E-state index is -4.87. The maximum atomic E-state index is 14.1. The SMILES string of the molecule is Cc1cc(-n2c(C3CCOCC3)c(C3CC(C(=O)O)(C(F)(F)F)C3)c3cc(O)ccc32)ccc1F. The van der Waals surface area contributed by atoms with E-state index in [4.69, 9.17) is 4.74 Å². The quantitative estimate of drug-likeness (QED) is 0.427. The Kier molecular flexibility index (Phi) is 5.58. The van der Waals surface area contributed by atoms with Gasteiger partial charge in [-0.1, -0.05) is 0 Å². The molecule has 5 nitrogen and oxygen atoms in total. The van der Waals surface area contributed by atoms with Gasteiger partial charge >= 0.3 is 12.1 Å². The zero-order valence-corrected chi connectivity index (χ0v) is 19.0. The molecular formula is C26H25F4NO4. The number of halogens is 4. The number of hydrogen-bond acceptors (Lipinski definition) is 3. The van der Waals surface area contributed by atoms with Crippen molar-refractivity contribution in [2.45, 2.75) is 50.6 Å². The summed E-state index contributed by atoms with van der Waals surface area (Å²) in [6.45, 7) is 2.62. The molecule has 1 saturated carbocycles. The lowest BCUT2D eigenvalue weighted by molar-refractivity contribution is -0.256. The molecule has 0 unspecified atom stereocenters. The number of aromatic nitrogens is 1. The van der Waals surface area contributed by atoms with E-state index in [1.165, 1.54) is 18.2 Å². The van der Waals surface area contributed by atoms with E-state index in [0.717, 1.165) is 5.69 Å². The van der Waals surface area contributed by atoms with E-state index in [1.807, 2.05) is 4.57 Å². The molecule has 1 aliphatic carbocycles. The van der Waals surface area contributed by atoms with E-state index in [-0.39, 0.29) is 17.5 Å². The molecule has 2 aromatic carbocycles. The zero-order valence-electron chi connectivity index (χ0n) is 19.0. The van der Waals surface area contributed by atoms with Gasteiger partial charge < -0.3 is 19.5 Å². The van der Waals surface area contributed by atoms with E-state index in [2.05, 4.69) is 0 Å². The smallest absolute Gasteiger partial charge is 0.404 e. The van der Waals surface area contributed by atoms with Crippen molar-refractivity contribution in [3.8, 4) is 11.4 Å². The molecule has 0 bridgehead atoms. The lowest BCUT2D eigenvalue weighted by Crippen LogP contribution is -2.53. The third-order valence-corrected chi connectivity index (χ3v) is 7.59. The number of aliphatic carboxylic acids is 1. The van der Waals surface area contributed by atoms with Gasteiger partial charge in [0, 0.05) is 35.9 Å². The van der Waals surface area contributed by atoms with Crippen LogP contribution in [0.15, 0.2) is 36.4 Å². The van der Waals surface area contributed by atoms with Crippen LogP contribution >= 0.6 is 0 Å². The van der Waals surface area contributed by atoms with Crippen molar-refractivity contribution in [1.29, 1.82) is 0 Å². The lowest BCUT2D eigenvalue weighted by Gasteiger charge is -2.46. The molecule has 0 amide bonds. The third-order valence-electron chi connectivity index (χ3n) is 7.59. The maximum absolute atomic E-state index is 14.1. The molecule has 0 atom stereocenters. The number of phenolic OH excluding ortho intramolecular Hbond substituents is 1. The molecule has 3 aromatic rings. The summed E-state index contributed by atoms with van der Waals surface area (Å²) in [5.41, 5.74) is 0.379. The Balaban J connectivity index is 1.75. The fourth-order valence-electron chi connectivity index (χ4n) is 5.68. The van der Waals surface area contributed by atoms with Crippen molar-refractivity contribution >= 4 is 16.9 Å². The number of aryl methyl sites for hydroxylation is 1. The number of phenols is 1. The Labute approximate surface area is 198 Å². The number of carboxylic acid groups (broad SMARTS) is 1. The minimum absolute atomic E-state index is 0.0376.